The predicted molar refractivity (Wildman–Crippen MR) is 90.9 cm³/mol. The minimum absolute atomic E-state index is 0.397. The fourth-order valence-electron chi connectivity index (χ4n) is 2.08. The van der Waals surface area contributed by atoms with Crippen molar-refractivity contribution in [1.29, 1.82) is 0 Å². The zero-order chi connectivity index (χ0) is 17.3. The average molecular weight is 345 g/mol. The molecule has 1 heterocycles. The fraction of sp³-hybridized carbons (Fsp3) is 0.714. The summed E-state index contributed by atoms with van der Waals surface area (Å²) in [5.41, 5.74) is 2.04. The summed E-state index contributed by atoms with van der Waals surface area (Å²) >= 11 is 0. The standard InChI is InChI=1S/C14H27N5O3S/c1-5-12-11(13(6-2)22-19-12)10-17-14(15-3)16-8-7-9-18-23(4,20)21/h18H,5-10H2,1-4H3,(H2,15,16,17). The van der Waals surface area contributed by atoms with Gasteiger partial charge in [0, 0.05) is 38.7 Å². The number of rotatable bonds is 9. The number of guanidine groups is 1. The Morgan fingerprint density at radius 3 is 2.52 bits per heavy atom. The number of aryl methyl sites for hydroxylation is 2. The van der Waals surface area contributed by atoms with Crippen LogP contribution in [0.4, 0.5) is 0 Å². The van der Waals surface area contributed by atoms with E-state index in [0.717, 1.165) is 36.1 Å². The lowest BCUT2D eigenvalue weighted by atomic mass is 10.1. The molecule has 0 bridgehead atoms. The summed E-state index contributed by atoms with van der Waals surface area (Å²) in [7, 11) is -1.43. The van der Waals surface area contributed by atoms with Gasteiger partial charge in [-0.2, -0.15) is 0 Å². The second-order valence-electron chi connectivity index (χ2n) is 5.11. The fourth-order valence-corrected chi connectivity index (χ4v) is 2.60. The summed E-state index contributed by atoms with van der Waals surface area (Å²) in [5.74, 6) is 1.55. The van der Waals surface area contributed by atoms with Crippen molar-refractivity contribution < 1.29 is 12.9 Å². The van der Waals surface area contributed by atoms with Crippen LogP contribution in [0.1, 0.15) is 37.3 Å². The molecule has 0 radical (unpaired) electrons. The number of aliphatic imine (C=N–C) groups is 1. The first kappa shape index (κ1) is 19.4. The molecule has 23 heavy (non-hydrogen) atoms. The molecule has 0 spiro atoms. The largest absolute Gasteiger partial charge is 0.361 e. The average Bonchev–Trinajstić information content (AvgIpc) is 2.90. The van der Waals surface area contributed by atoms with E-state index in [2.05, 4.69) is 25.5 Å². The highest BCUT2D eigenvalue weighted by molar-refractivity contribution is 7.88. The minimum Gasteiger partial charge on any atom is -0.361 e. The van der Waals surface area contributed by atoms with E-state index in [1.54, 1.807) is 7.05 Å². The van der Waals surface area contributed by atoms with Crippen molar-refractivity contribution in [3.05, 3.63) is 17.0 Å². The van der Waals surface area contributed by atoms with Crippen LogP contribution in [0.25, 0.3) is 0 Å². The van der Waals surface area contributed by atoms with Gasteiger partial charge in [0.1, 0.15) is 5.76 Å². The van der Waals surface area contributed by atoms with E-state index in [0.29, 0.717) is 32.0 Å². The molecule has 0 unspecified atom stereocenters. The first-order valence-electron chi connectivity index (χ1n) is 7.76. The van der Waals surface area contributed by atoms with Crippen LogP contribution in [0.3, 0.4) is 0 Å². The molecule has 0 amide bonds. The Balaban J connectivity index is 2.41. The van der Waals surface area contributed by atoms with Crippen LogP contribution in [0, 0.1) is 0 Å². The SMILES string of the molecule is CCc1noc(CC)c1CNC(=NC)NCCCNS(C)(=O)=O. The van der Waals surface area contributed by atoms with Gasteiger partial charge in [-0.1, -0.05) is 19.0 Å². The molecule has 0 fully saturated rings. The van der Waals surface area contributed by atoms with Gasteiger partial charge in [-0.3, -0.25) is 4.99 Å². The van der Waals surface area contributed by atoms with Gasteiger partial charge in [-0.05, 0) is 12.8 Å². The molecule has 0 saturated carbocycles. The molecule has 3 N–H and O–H groups in total. The summed E-state index contributed by atoms with van der Waals surface area (Å²) in [6, 6.07) is 0. The molecular weight excluding hydrogens is 318 g/mol. The van der Waals surface area contributed by atoms with E-state index in [9.17, 15) is 8.42 Å². The molecule has 0 aliphatic heterocycles. The minimum atomic E-state index is -3.13. The van der Waals surface area contributed by atoms with Gasteiger partial charge in [0.05, 0.1) is 11.9 Å². The van der Waals surface area contributed by atoms with E-state index in [4.69, 9.17) is 4.52 Å². The lowest BCUT2D eigenvalue weighted by molar-refractivity contribution is 0.380. The van der Waals surface area contributed by atoms with Crippen molar-refractivity contribution in [1.82, 2.24) is 20.5 Å². The monoisotopic (exact) mass is 345 g/mol. The van der Waals surface area contributed by atoms with Crippen LogP contribution in [0.5, 0.6) is 0 Å². The van der Waals surface area contributed by atoms with Crippen molar-refractivity contribution in [2.24, 2.45) is 4.99 Å². The van der Waals surface area contributed by atoms with Crippen LogP contribution >= 0.6 is 0 Å². The molecule has 0 aliphatic carbocycles. The van der Waals surface area contributed by atoms with Gasteiger partial charge >= 0.3 is 0 Å². The molecule has 8 nitrogen and oxygen atoms in total. The van der Waals surface area contributed by atoms with E-state index >= 15 is 0 Å². The zero-order valence-corrected chi connectivity index (χ0v) is 15.1. The number of nitrogens with one attached hydrogen (secondary N) is 3. The Kier molecular flexibility index (Phi) is 8.04. The van der Waals surface area contributed by atoms with Crippen LogP contribution in [-0.4, -0.2) is 45.9 Å². The molecule has 9 heteroatoms. The Bertz CT molecular complexity index is 588. The number of aromatic nitrogens is 1. The van der Waals surface area contributed by atoms with Gasteiger partial charge in [0.25, 0.3) is 0 Å². The number of sulfonamides is 1. The van der Waals surface area contributed by atoms with E-state index < -0.39 is 10.0 Å². The lowest BCUT2D eigenvalue weighted by Gasteiger charge is -2.12. The van der Waals surface area contributed by atoms with Crippen molar-refractivity contribution in [2.75, 3.05) is 26.4 Å². The van der Waals surface area contributed by atoms with Gasteiger partial charge in [-0.25, -0.2) is 13.1 Å². The topological polar surface area (TPSA) is 109 Å². The maximum Gasteiger partial charge on any atom is 0.208 e. The van der Waals surface area contributed by atoms with Crippen LogP contribution in [0.2, 0.25) is 0 Å². The smallest absolute Gasteiger partial charge is 0.208 e. The third kappa shape index (κ3) is 7.00. The number of nitrogens with zero attached hydrogens (tertiary/aromatic N) is 2. The van der Waals surface area contributed by atoms with Crippen molar-refractivity contribution >= 4 is 16.0 Å². The predicted octanol–water partition coefficient (Wildman–Crippen LogP) is 0.404. The first-order valence-corrected chi connectivity index (χ1v) is 9.65. The maximum absolute atomic E-state index is 11.0. The van der Waals surface area contributed by atoms with Crippen molar-refractivity contribution in [3.63, 3.8) is 0 Å². The van der Waals surface area contributed by atoms with Crippen LogP contribution in [-0.2, 0) is 29.4 Å². The second-order valence-corrected chi connectivity index (χ2v) is 6.94. The van der Waals surface area contributed by atoms with Crippen LogP contribution in [0.15, 0.2) is 9.52 Å². The first-order chi connectivity index (χ1) is 10.9. The van der Waals surface area contributed by atoms with Gasteiger partial charge < -0.3 is 15.2 Å². The highest BCUT2D eigenvalue weighted by Gasteiger charge is 2.13. The third-order valence-corrected chi connectivity index (χ3v) is 4.00. The normalized spacial score (nSPS) is 12.4. The Labute approximate surface area is 138 Å². The Morgan fingerprint density at radius 2 is 1.96 bits per heavy atom. The molecule has 1 rings (SSSR count). The van der Waals surface area contributed by atoms with E-state index in [1.165, 1.54) is 0 Å². The van der Waals surface area contributed by atoms with Crippen molar-refractivity contribution in [3.8, 4) is 0 Å². The number of hydrogen-bond acceptors (Lipinski definition) is 5. The van der Waals surface area contributed by atoms with Gasteiger partial charge in [-0.15, -0.1) is 0 Å². The summed E-state index contributed by atoms with van der Waals surface area (Å²) in [6.07, 6.45) is 3.44. The summed E-state index contributed by atoms with van der Waals surface area (Å²) in [6.45, 7) is 5.69. The molecule has 0 atom stereocenters. The molecule has 1 aromatic rings. The third-order valence-electron chi connectivity index (χ3n) is 3.27. The molecule has 0 saturated heterocycles. The molecular formula is C14H27N5O3S. The summed E-state index contributed by atoms with van der Waals surface area (Å²) < 4.78 is 29.7. The van der Waals surface area contributed by atoms with Gasteiger partial charge in [0.15, 0.2) is 5.96 Å². The molecule has 1 aromatic heterocycles. The molecule has 0 aliphatic rings. The summed E-state index contributed by atoms with van der Waals surface area (Å²) in [4.78, 5) is 4.15. The Hall–Kier alpha value is -1.61. The highest BCUT2D eigenvalue weighted by Crippen LogP contribution is 2.15. The second kappa shape index (κ2) is 9.51. The quantitative estimate of drug-likeness (QED) is 0.340. The van der Waals surface area contributed by atoms with Crippen molar-refractivity contribution in [2.45, 2.75) is 39.7 Å². The summed E-state index contributed by atoms with van der Waals surface area (Å²) in [5, 5.41) is 10.5. The van der Waals surface area contributed by atoms with E-state index in [1.807, 2.05) is 13.8 Å². The highest BCUT2D eigenvalue weighted by atomic mass is 32.2. The molecule has 0 aromatic carbocycles. The number of hydrogen-bond donors (Lipinski definition) is 3. The van der Waals surface area contributed by atoms with Crippen LogP contribution < -0.4 is 15.4 Å². The molecule has 132 valence electrons. The zero-order valence-electron chi connectivity index (χ0n) is 14.3. The lowest BCUT2D eigenvalue weighted by Crippen LogP contribution is -2.38. The Morgan fingerprint density at radius 1 is 1.22 bits per heavy atom. The maximum atomic E-state index is 11.0. The van der Waals surface area contributed by atoms with Gasteiger partial charge in [0.2, 0.25) is 10.0 Å². The van der Waals surface area contributed by atoms with E-state index in [-0.39, 0.29) is 0 Å².